The molecule has 0 bridgehead atoms. The third-order valence-electron chi connectivity index (χ3n) is 3.77. The number of ether oxygens (including phenoxy) is 1. The van der Waals surface area contributed by atoms with Crippen molar-refractivity contribution in [1.82, 2.24) is 9.97 Å². The second-order valence-corrected chi connectivity index (χ2v) is 6.73. The van der Waals surface area contributed by atoms with E-state index >= 15 is 0 Å². The van der Waals surface area contributed by atoms with E-state index < -0.39 is 0 Å². The maximum Gasteiger partial charge on any atom is 0.148 e. The molecule has 0 aliphatic carbocycles. The minimum absolute atomic E-state index is 0.121. The molecule has 6 heteroatoms. The molecule has 1 aromatic rings. The van der Waals surface area contributed by atoms with E-state index in [1.54, 1.807) is 0 Å². The Morgan fingerprint density at radius 3 is 2.57 bits per heavy atom. The van der Waals surface area contributed by atoms with Gasteiger partial charge in [0.1, 0.15) is 17.5 Å². The van der Waals surface area contributed by atoms with Gasteiger partial charge in [0.2, 0.25) is 0 Å². The normalized spacial score (nSPS) is 19.4. The van der Waals surface area contributed by atoms with Gasteiger partial charge in [-0.25, -0.2) is 15.8 Å². The molecule has 1 aliphatic rings. The van der Waals surface area contributed by atoms with E-state index in [0.29, 0.717) is 11.7 Å². The molecular formula is C15H27N5O. The first kappa shape index (κ1) is 16.0. The minimum Gasteiger partial charge on any atom is -0.381 e. The summed E-state index contributed by atoms with van der Waals surface area (Å²) in [5, 5.41) is 3.44. The predicted octanol–water partition coefficient (Wildman–Crippen LogP) is 2.21. The molecule has 0 aromatic carbocycles. The lowest BCUT2D eigenvalue weighted by molar-refractivity contribution is 0.0594. The average Bonchev–Trinajstić information content (AvgIpc) is 2.46. The van der Waals surface area contributed by atoms with E-state index in [9.17, 15) is 0 Å². The van der Waals surface area contributed by atoms with E-state index in [2.05, 4.69) is 41.5 Å². The molecule has 1 aromatic heterocycles. The second-order valence-electron chi connectivity index (χ2n) is 6.73. The quantitative estimate of drug-likeness (QED) is 0.583. The Morgan fingerprint density at radius 1 is 1.29 bits per heavy atom. The second kappa shape index (κ2) is 6.58. The first-order valence-electron chi connectivity index (χ1n) is 7.59. The fourth-order valence-electron chi connectivity index (χ4n) is 2.37. The minimum atomic E-state index is -0.121. The molecule has 21 heavy (non-hydrogen) atoms. The Balaban J connectivity index is 2.16. The standard InChI is InChI=1S/C15H27N5O/c1-10-12(17-8-11-6-5-7-21-9-11)18-14(15(2,3)4)19-13(10)20-16/h11H,5-9,16H2,1-4H3,(H2,17,18,19,20). The number of nitrogen functional groups attached to an aromatic ring is 1. The Labute approximate surface area is 126 Å². The molecule has 1 aliphatic heterocycles. The molecule has 4 N–H and O–H groups in total. The smallest absolute Gasteiger partial charge is 0.148 e. The lowest BCUT2D eigenvalue weighted by atomic mass is 9.95. The Hall–Kier alpha value is -1.40. The van der Waals surface area contributed by atoms with E-state index in [1.165, 1.54) is 6.42 Å². The molecule has 0 saturated carbocycles. The lowest BCUT2D eigenvalue weighted by Gasteiger charge is -2.24. The van der Waals surface area contributed by atoms with Crippen molar-refractivity contribution in [2.45, 2.75) is 46.0 Å². The van der Waals surface area contributed by atoms with Crippen LogP contribution in [0, 0.1) is 12.8 Å². The molecule has 0 radical (unpaired) electrons. The van der Waals surface area contributed by atoms with Crippen molar-refractivity contribution in [2.75, 3.05) is 30.5 Å². The first-order valence-corrected chi connectivity index (χ1v) is 7.59. The zero-order valence-electron chi connectivity index (χ0n) is 13.5. The topological polar surface area (TPSA) is 85.1 Å². The van der Waals surface area contributed by atoms with Gasteiger partial charge >= 0.3 is 0 Å². The molecule has 1 saturated heterocycles. The van der Waals surface area contributed by atoms with Crippen LogP contribution in [0.1, 0.15) is 45.0 Å². The fraction of sp³-hybridized carbons (Fsp3) is 0.733. The van der Waals surface area contributed by atoms with Crippen molar-refractivity contribution in [3.63, 3.8) is 0 Å². The van der Waals surface area contributed by atoms with Gasteiger partial charge in [0.25, 0.3) is 0 Å². The van der Waals surface area contributed by atoms with Gasteiger partial charge in [-0.1, -0.05) is 20.8 Å². The molecule has 1 atom stereocenters. The highest BCUT2D eigenvalue weighted by Gasteiger charge is 2.21. The Kier molecular flexibility index (Phi) is 5.00. The molecular weight excluding hydrogens is 266 g/mol. The van der Waals surface area contributed by atoms with Gasteiger partial charge in [-0.05, 0) is 25.7 Å². The molecule has 2 heterocycles. The van der Waals surface area contributed by atoms with E-state index in [-0.39, 0.29) is 5.41 Å². The molecule has 6 nitrogen and oxygen atoms in total. The summed E-state index contributed by atoms with van der Waals surface area (Å²) in [7, 11) is 0. The first-order chi connectivity index (χ1) is 9.91. The van der Waals surface area contributed by atoms with Gasteiger partial charge in [-0.2, -0.15) is 0 Å². The highest BCUT2D eigenvalue weighted by atomic mass is 16.5. The Morgan fingerprint density at radius 2 is 2.00 bits per heavy atom. The highest BCUT2D eigenvalue weighted by Crippen LogP contribution is 2.26. The summed E-state index contributed by atoms with van der Waals surface area (Å²) in [5.74, 6) is 8.44. The van der Waals surface area contributed by atoms with Crippen LogP contribution in [0.5, 0.6) is 0 Å². The van der Waals surface area contributed by atoms with Crippen LogP contribution >= 0.6 is 0 Å². The van der Waals surface area contributed by atoms with Gasteiger partial charge in [0.05, 0.1) is 6.61 Å². The average molecular weight is 293 g/mol. The zero-order valence-corrected chi connectivity index (χ0v) is 13.5. The molecule has 1 unspecified atom stereocenters. The van der Waals surface area contributed by atoms with E-state index in [4.69, 9.17) is 10.6 Å². The third kappa shape index (κ3) is 4.04. The van der Waals surface area contributed by atoms with Crippen molar-refractivity contribution in [3.05, 3.63) is 11.4 Å². The number of rotatable bonds is 4. The van der Waals surface area contributed by atoms with Crippen molar-refractivity contribution in [1.29, 1.82) is 0 Å². The van der Waals surface area contributed by atoms with Gasteiger partial charge in [0, 0.05) is 24.1 Å². The number of hydrogen-bond acceptors (Lipinski definition) is 6. The number of hydrogen-bond donors (Lipinski definition) is 3. The largest absolute Gasteiger partial charge is 0.381 e. The van der Waals surface area contributed by atoms with Crippen LogP contribution in [0.15, 0.2) is 0 Å². The predicted molar refractivity (Wildman–Crippen MR) is 85.3 cm³/mol. The number of nitrogens with zero attached hydrogens (tertiary/aromatic N) is 2. The molecule has 118 valence electrons. The van der Waals surface area contributed by atoms with Crippen LogP contribution in [0.4, 0.5) is 11.6 Å². The van der Waals surface area contributed by atoms with Crippen LogP contribution in [-0.2, 0) is 10.2 Å². The fourth-order valence-corrected chi connectivity index (χ4v) is 2.37. The summed E-state index contributed by atoms with van der Waals surface area (Å²) >= 11 is 0. The Bertz CT molecular complexity index is 478. The third-order valence-corrected chi connectivity index (χ3v) is 3.77. The van der Waals surface area contributed by atoms with Crippen molar-refractivity contribution in [2.24, 2.45) is 11.8 Å². The number of anilines is 2. The lowest BCUT2D eigenvalue weighted by Crippen LogP contribution is -2.26. The van der Waals surface area contributed by atoms with Gasteiger partial charge in [0.15, 0.2) is 0 Å². The number of nitrogens with two attached hydrogens (primary N) is 1. The van der Waals surface area contributed by atoms with Crippen LogP contribution < -0.4 is 16.6 Å². The molecule has 0 amide bonds. The number of nitrogens with one attached hydrogen (secondary N) is 2. The van der Waals surface area contributed by atoms with Crippen molar-refractivity contribution >= 4 is 11.6 Å². The molecule has 1 fully saturated rings. The van der Waals surface area contributed by atoms with E-state index in [1.807, 2.05) is 6.92 Å². The maximum absolute atomic E-state index is 5.58. The summed E-state index contributed by atoms with van der Waals surface area (Å²) in [6.07, 6.45) is 2.34. The zero-order chi connectivity index (χ0) is 15.5. The summed E-state index contributed by atoms with van der Waals surface area (Å²) in [4.78, 5) is 9.18. The highest BCUT2D eigenvalue weighted by molar-refractivity contribution is 5.57. The van der Waals surface area contributed by atoms with Crippen LogP contribution in [0.25, 0.3) is 0 Å². The van der Waals surface area contributed by atoms with Crippen molar-refractivity contribution < 1.29 is 4.74 Å². The summed E-state index contributed by atoms with van der Waals surface area (Å²) in [5.41, 5.74) is 3.50. The maximum atomic E-state index is 5.58. The SMILES string of the molecule is Cc1c(NN)nc(C(C)(C)C)nc1NCC1CCCOC1. The van der Waals surface area contributed by atoms with Crippen LogP contribution in [-0.4, -0.2) is 29.7 Å². The molecule has 0 spiro atoms. The van der Waals surface area contributed by atoms with Crippen LogP contribution in [0.2, 0.25) is 0 Å². The van der Waals surface area contributed by atoms with Crippen LogP contribution in [0.3, 0.4) is 0 Å². The monoisotopic (exact) mass is 293 g/mol. The number of aromatic nitrogens is 2. The van der Waals surface area contributed by atoms with Crippen molar-refractivity contribution in [3.8, 4) is 0 Å². The summed E-state index contributed by atoms with van der Waals surface area (Å²) < 4.78 is 5.52. The van der Waals surface area contributed by atoms with Gasteiger partial charge < -0.3 is 15.5 Å². The van der Waals surface area contributed by atoms with Gasteiger partial charge in [-0.3, -0.25) is 0 Å². The molecule has 2 rings (SSSR count). The van der Waals surface area contributed by atoms with Gasteiger partial charge in [-0.15, -0.1) is 0 Å². The number of hydrazine groups is 1. The summed E-state index contributed by atoms with van der Waals surface area (Å²) in [6.45, 7) is 10.8. The summed E-state index contributed by atoms with van der Waals surface area (Å²) in [6, 6.07) is 0. The van der Waals surface area contributed by atoms with E-state index in [0.717, 1.165) is 43.4 Å².